The third-order valence-corrected chi connectivity index (χ3v) is 4.34. The third kappa shape index (κ3) is 5.70. The van der Waals surface area contributed by atoms with E-state index in [1.165, 1.54) is 57.8 Å². The highest BCUT2D eigenvalue weighted by Crippen LogP contribution is 2.34. The minimum absolute atomic E-state index is 0.502. The minimum atomic E-state index is 0.502. The Morgan fingerprint density at radius 3 is 2.29 bits per heavy atom. The normalized spacial score (nSPS) is 19.5. The molecule has 1 unspecified atom stereocenters. The quantitative estimate of drug-likeness (QED) is 0.536. The molecule has 0 saturated heterocycles. The molecule has 1 fully saturated rings. The molecule has 100 valence electrons. The summed E-state index contributed by atoms with van der Waals surface area (Å²) in [6.07, 6.45) is 13.7. The average molecular weight is 238 g/mol. The average Bonchev–Trinajstić information content (AvgIpc) is 2.34. The predicted octanol–water partition coefficient (Wildman–Crippen LogP) is 5.13. The molecule has 0 aromatic rings. The summed E-state index contributed by atoms with van der Waals surface area (Å²) in [4.78, 5) is 11.3. The first kappa shape index (κ1) is 14.7. The van der Waals surface area contributed by atoms with Crippen LogP contribution in [0.3, 0.4) is 0 Å². The second-order valence-corrected chi connectivity index (χ2v) is 5.77. The number of hydrogen-bond donors (Lipinski definition) is 0. The van der Waals surface area contributed by atoms with E-state index < -0.39 is 0 Å². The molecule has 0 heterocycles. The molecule has 1 saturated carbocycles. The van der Waals surface area contributed by atoms with Crippen molar-refractivity contribution in [2.24, 2.45) is 11.8 Å². The highest BCUT2D eigenvalue weighted by atomic mass is 16.1. The largest absolute Gasteiger partial charge is 0.300 e. The molecule has 0 aromatic carbocycles. The van der Waals surface area contributed by atoms with Crippen molar-refractivity contribution < 1.29 is 4.79 Å². The van der Waals surface area contributed by atoms with E-state index in [0.717, 1.165) is 24.7 Å². The van der Waals surface area contributed by atoms with Crippen LogP contribution in [0.15, 0.2) is 0 Å². The first-order valence-electron chi connectivity index (χ1n) is 7.79. The molecule has 0 aromatic heterocycles. The summed E-state index contributed by atoms with van der Waals surface area (Å²) in [5, 5.41) is 0. The molecule has 0 amide bonds. The maximum Gasteiger partial charge on any atom is 0.132 e. The fourth-order valence-corrected chi connectivity index (χ4v) is 3.25. The van der Waals surface area contributed by atoms with E-state index >= 15 is 0 Å². The molecule has 0 bridgehead atoms. The highest BCUT2D eigenvalue weighted by Gasteiger charge is 2.25. The van der Waals surface area contributed by atoms with Gasteiger partial charge >= 0.3 is 0 Å². The lowest BCUT2D eigenvalue weighted by molar-refractivity contribution is -0.121. The van der Waals surface area contributed by atoms with E-state index in [-0.39, 0.29) is 0 Å². The Bertz CT molecular complexity index is 200. The zero-order valence-corrected chi connectivity index (χ0v) is 11.8. The Hall–Kier alpha value is -0.330. The van der Waals surface area contributed by atoms with Gasteiger partial charge in [-0.05, 0) is 24.7 Å². The molecule has 0 N–H and O–H groups in total. The van der Waals surface area contributed by atoms with E-state index in [1.54, 1.807) is 0 Å². The van der Waals surface area contributed by atoms with Crippen molar-refractivity contribution in [2.45, 2.75) is 84.5 Å². The number of hydrogen-bond acceptors (Lipinski definition) is 1. The van der Waals surface area contributed by atoms with Gasteiger partial charge in [-0.15, -0.1) is 0 Å². The van der Waals surface area contributed by atoms with Gasteiger partial charge < -0.3 is 0 Å². The first-order chi connectivity index (χ1) is 8.27. The summed E-state index contributed by atoms with van der Waals surface area (Å²) < 4.78 is 0. The number of ketones is 1. The number of carbonyl (C=O) groups is 1. The van der Waals surface area contributed by atoms with Crippen LogP contribution in [0.25, 0.3) is 0 Å². The van der Waals surface area contributed by atoms with Gasteiger partial charge in [0, 0.05) is 12.8 Å². The molecule has 0 aliphatic heterocycles. The second kappa shape index (κ2) is 8.72. The van der Waals surface area contributed by atoms with Crippen molar-refractivity contribution in [3.05, 3.63) is 0 Å². The topological polar surface area (TPSA) is 17.1 Å². The van der Waals surface area contributed by atoms with Gasteiger partial charge in [-0.3, -0.25) is 4.79 Å². The smallest absolute Gasteiger partial charge is 0.132 e. The number of carbonyl (C=O) groups excluding carboxylic acids is 1. The van der Waals surface area contributed by atoms with Gasteiger partial charge in [-0.25, -0.2) is 0 Å². The van der Waals surface area contributed by atoms with E-state index in [4.69, 9.17) is 0 Å². The third-order valence-electron chi connectivity index (χ3n) is 4.34. The van der Waals surface area contributed by atoms with Gasteiger partial charge in [0.15, 0.2) is 0 Å². The van der Waals surface area contributed by atoms with Gasteiger partial charge in [0.05, 0.1) is 0 Å². The molecule has 1 heteroatoms. The Morgan fingerprint density at radius 1 is 1.00 bits per heavy atom. The van der Waals surface area contributed by atoms with Gasteiger partial charge in [0.2, 0.25) is 0 Å². The summed E-state index contributed by atoms with van der Waals surface area (Å²) >= 11 is 0. The van der Waals surface area contributed by atoms with E-state index in [1.807, 2.05) is 0 Å². The van der Waals surface area contributed by atoms with Gasteiger partial charge in [0.25, 0.3) is 0 Å². The van der Waals surface area contributed by atoms with Crippen LogP contribution in [0.2, 0.25) is 0 Å². The van der Waals surface area contributed by atoms with Crippen LogP contribution in [0.4, 0.5) is 0 Å². The van der Waals surface area contributed by atoms with Crippen LogP contribution in [0.5, 0.6) is 0 Å². The number of rotatable bonds is 8. The Balaban J connectivity index is 2.28. The monoisotopic (exact) mass is 238 g/mol. The summed E-state index contributed by atoms with van der Waals surface area (Å²) in [5.41, 5.74) is 0. The zero-order chi connectivity index (χ0) is 12.5. The van der Waals surface area contributed by atoms with Crippen LogP contribution >= 0.6 is 0 Å². The number of unbranched alkanes of at least 4 members (excludes halogenated alkanes) is 3. The fourth-order valence-electron chi connectivity index (χ4n) is 3.25. The zero-order valence-electron chi connectivity index (χ0n) is 11.8. The SMILES string of the molecule is CCCCCCC(CCC)C1CCC(=O)CC1. The van der Waals surface area contributed by atoms with Crippen LogP contribution in [0, 0.1) is 11.8 Å². The first-order valence-corrected chi connectivity index (χ1v) is 7.79. The maximum atomic E-state index is 11.3. The van der Waals surface area contributed by atoms with E-state index in [0.29, 0.717) is 5.78 Å². The Morgan fingerprint density at radius 2 is 1.71 bits per heavy atom. The van der Waals surface area contributed by atoms with Crippen molar-refractivity contribution in [1.29, 1.82) is 0 Å². The van der Waals surface area contributed by atoms with Crippen molar-refractivity contribution in [1.82, 2.24) is 0 Å². The van der Waals surface area contributed by atoms with Gasteiger partial charge in [-0.1, -0.05) is 58.8 Å². The van der Waals surface area contributed by atoms with E-state index in [2.05, 4.69) is 13.8 Å². The summed E-state index contributed by atoms with van der Waals surface area (Å²) in [6, 6.07) is 0. The molecular formula is C16H30O. The predicted molar refractivity (Wildman–Crippen MR) is 74.1 cm³/mol. The van der Waals surface area contributed by atoms with Crippen molar-refractivity contribution >= 4 is 5.78 Å². The molecule has 0 spiro atoms. The van der Waals surface area contributed by atoms with Gasteiger partial charge in [0.1, 0.15) is 5.78 Å². The summed E-state index contributed by atoms with van der Waals surface area (Å²) in [5.74, 6) is 2.27. The molecule has 17 heavy (non-hydrogen) atoms. The molecule has 1 nitrogen and oxygen atoms in total. The van der Waals surface area contributed by atoms with Crippen LogP contribution in [-0.2, 0) is 4.79 Å². The lowest BCUT2D eigenvalue weighted by atomic mass is 9.75. The lowest BCUT2D eigenvalue weighted by Crippen LogP contribution is -2.21. The van der Waals surface area contributed by atoms with Crippen molar-refractivity contribution in [3.8, 4) is 0 Å². The van der Waals surface area contributed by atoms with E-state index in [9.17, 15) is 4.79 Å². The maximum absolute atomic E-state index is 11.3. The molecular weight excluding hydrogens is 208 g/mol. The van der Waals surface area contributed by atoms with Crippen LogP contribution < -0.4 is 0 Å². The minimum Gasteiger partial charge on any atom is -0.300 e. The molecule has 0 radical (unpaired) electrons. The van der Waals surface area contributed by atoms with Gasteiger partial charge in [-0.2, -0.15) is 0 Å². The van der Waals surface area contributed by atoms with Crippen LogP contribution in [0.1, 0.15) is 84.5 Å². The summed E-state index contributed by atoms with van der Waals surface area (Å²) in [6.45, 7) is 4.57. The van der Waals surface area contributed by atoms with Crippen LogP contribution in [-0.4, -0.2) is 5.78 Å². The molecule has 1 rings (SSSR count). The summed E-state index contributed by atoms with van der Waals surface area (Å²) in [7, 11) is 0. The molecule has 1 aliphatic carbocycles. The Labute approximate surface area is 107 Å². The molecule has 1 atom stereocenters. The lowest BCUT2D eigenvalue weighted by Gasteiger charge is -2.29. The second-order valence-electron chi connectivity index (χ2n) is 5.77. The Kier molecular flexibility index (Phi) is 7.55. The van der Waals surface area contributed by atoms with Crippen molar-refractivity contribution in [3.63, 3.8) is 0 Å². The highest BCUT2D eigenvalue weighted by molar-refractivity contribution is 5.79. The van der Waals surface area contributed by atoms with Crippen molar-refractivity contribution in [2.75, 3.05) is 0 Å². The number of Topliss-reactive ketones (excluding diaryl/α,β-unsaturated/α-hetero) is 1. The fraction of sp³-hybridized carbons (Fsp3) is 0.938. The standard InChI is InChI=1S/C16H30O/c1-3-5-6-7-9-14(8-4-2)15-10-12-16(17)13-11-15/h14-15H,3-13H2,1-2H3. The molecule has 1 aliphatic rings.